The van der Waals surface area contributed by atoms with Gasteiger partial charge >= 0.3 is 0 Å². The van der Waals surface area contributed by atoms with E-state index in [2.05, 4.69) is 53.8 Å². The normalized spacial score (nSPS) is 11.5. The molecule has 0 radical (unpaired) electrons. The highest BCUT2D eigenvalue weighted by Gasteiger charge is 2.29. The maximum atomic E-state index is 13.3. The number of tetrazole rings is 1. The van der Waals surface area contributed by atoms with E-state index in [1.165, 1.54) is 0 Å². The zero-order chi connectivity index (χ0) is 26.8. The molecule has 3 heterocycles. The lowest BCUT2D eigenvalue weighted by molar-refractivity contribution is 0.0934. The maximum absolute atomic E-state index is 13.3. The monoisotopic (exact) mass is 595 g/mol. The fraction of sp³-hybridized carbons (Fsp3) is 0.296. The Balaban J connectivity index is 1.73. The van der Waals surface area contributed by atoms with E-state index in [1.807, 2.05) is 48.7 Å². The summed E-state index contributed by atoms with van der Waals surface area (Å²) in [4.78, 5) is 17.9. The van der Waals surface area contributed by atoms with Gasteiger partial charge in [0.05, 0.1) is 19.1 Å². The van der Waals surface area contributed by atoms with Gasteiger partial charge in [0, 0.05) is 33.6 Å². The molecule has 11 heteroatoms. The van der Waals surface area contributed by atoms with Crippen molar-refractivity contribution in [2.24, 2.45) is 0 Å². The van der Waals surface area contributed by atoms with Crippen molar-refractivity contribution in [3.05, 3.63) is 69.6 Å². The van der Waals surface area contributed by atoms with Gasteiger partial charge in [0.2, 0.25) is 5.82 Å². The molecule has 2 N–H and O–H groups in total. The third kappa shape index (κ3) is 4.86. The topological polar surface area (TPSA) is 115 Å². The molecule has 2 aliphatic rings. The van der Waals surface area contributed by atoms with Gasteiger partial charge < -0.3 is 14.3 Å². The molecule has 2 aromatic heterocycles. The van der Waals surface area contributed by atoms with Crippen LogP contribution >= 0.6 is 27.5 Å². The summed E-state index contributed by atoms with van der Waals surface area (Å²) in [5.74, 6) is 1.01. The average Bonchev–Trinajstić information content (AvgIpc) is 3.61. The standard InChI is InChI=1S/C27H27BrClN7O2/c1-4-5-10-21-31-25(29)24(27(37)30-15(2)3)36(21)13-19-16-11-12-38-14-20(16)23(28)22(19)17-8-6-7-9-18(17)26-32-34-35-33-26/h6-9,11-12,14-15H,4-5,10,13H2,1-3H3,(H,30,37)(H,32,33,34,35). The van der Waals surface area contributed by atoms with Gasteiger partial charge in [0.1, 0.15) is 11.5 Å². The molecule has 3 aromatic rings. The Morgan fingerprint density at radius 3 is 2.68 bits per heavy atom. The Kier molecular flexibility index (Phi) is 7.62. The van der Waals surface area contributed by atoms with Crippen molar-refractivity contribution < 1.29 is 9.21 Å². The number of hydrogen-bond acceptors (Lipinski definition) is 6. The van der Waals surface area contributed by atoms with Crippen molar-refractivity contribution in [1.29, 1.82) is 0 Å². The molecule has 1 amide bonds. The number of fused-ring (bicyclic) bond motifs is 1. The number of unbranched alkanes of at least 4 members (excludes halogenated alkanes) is 1. The number of aryl methyl sites for hydroxylation is 1. The molecule has 0 atom stereocenters. The van der Waals surface area contributed by atoms with Crippen LogP contribution in [0.1, 0.15) is 55.5 Å². The Morgan fingerprint density at radius 2 is 1.97 bits per heavy atom. The molecule has 1 aromatic carbocycles. The van der Waals surface area contributed by atoms with E-state index < -0.39 is 0 Å². The number of halogens is 2. The van der Waals surface area contributed by atoms with E-state index in [0.717, 1.165) is 56.5 Å². The van der Waals surface area contributed by atoms with Crippen LogP contribution in [-0.4, -0.2) is 42.1 Å². The van der Waals surface area contributed by atoms with Gasteiger partial charge in [-0.1, -0.05) is 49.2 Å². The van der Waals surface area contributed by atoms with Crippen LogP contribution in [0.15, 0.2) is 51.7 Å². The first-order valence-electron chi connectivity index (χ1n) is 12.5. The lowest BCUT2D eigenvalue weighted by atomic mass is 9.97. The molecule has 9 nitrogen and oxygen atoms in total. The van der Waals surface area contributed by atoms with Gasteiger partial charge in [-0.15, -0.1) is 10.2 Å². The first-order valence-corrected chi connectivity index (χ1v) is 13.6. The van der Waals surface area contributed by atoms with Gasteiger partial charge in [-0.05, 0) is 64.2 Å². The summed E-state index contributed by atoms with van der Waals surface area (Å²) in [6, 6.07) is 9.78. The lowest BCUT2D eigenvalue weighted by Crippen LogP contribution is -2.32. The SMILES string of the molecule is CCCCc1nc(Cl)c(C(=O)NC(C)C)n1Cc1c2ccocc-2c(Br)c1-c1ccccc1-c1nn[nH]n1. The molecule has 196 valence electrons. The average molecular weight is 597 g/mol. The van der Waals surface area contributed by atoms with Crippen molar-refractivity contribution in [2.75, 3.05) is 0 Å². The highest BCUT2D eigenvalue weighted by atomic mass is 79.9. The molecular formula is C27H27BrClN7O2. The second-order valence-corrected chi connectivity index (χ2v) is 10.5. The predicted octanol–water partition coefficient (Wildman–Crippen LogP) is 6.37. The Labute approximate surface area is 233 Å². The van der Waals surface area contributed by atoms with E-state index in [0.29, 0.717) is 24.5 Å². The molecule has 0 saturated heterocycles. The van der Waals surface area contributed by atoms with E-state index in [1.54, 1.807) is 12.5 Å². The quantitative estimate of drug-likeness (QED) is 0.204. The second kappa shape index (κ2) is 11.1. The summed E-state index contributed by atoms with van der Waals surface area (Å²) < 4.78 is 8.36. The fourth-order valence-electron chi connectivity index (χ4n) is 4.69. The van der Waals surface area contributed by atoms with Crippen molar-refractivity contribution in [3.63, 3.8) is 0 Å². The number of benzene rings is 1. The number of hydrogen-bond donors (Lipinski definition) is 2. The molecule has 0 fully saturated rings. The van der Waals surface area contributed by atoms with Crippen LogP contribution in [0, 0.1) is 0 Å². The minimum atomic E-state index is -0.251. The van der Waals surface area contributed by atoms with Crippen molar-refractivity contribution >= 4 is 33.4 Å². The van der Waals surface area contributed by atoms with Crippen LogP contribution < -0.4 is 5.32 Å². The van der Waals surface area contributed by atoms with Crippen LogP contribution in [0.25, 0.3) is 33.6 Å². The zero-order valence-corrected chi connectivity index (χ0v) is 23.6. The fourth-order valence-corrected chi connectivity index (χ4v) is 5.73. The number of rotatable bonds is 9. The van der Waals surface area contributed by atoms with Gasteiger partial charge in [0.25, 0.3) is 5.91 Å². The number of aromatic nitrogens is 6. The van der Waals surface area contributed by atoms with Crippen molar-refractivity contribution in [3.8, 4) is 33.6 Å². The van der Waals surface area contributed by atoms with Crippen molar-refractivity contribution in [1.82, 2.24) is 35.5 Å². The number of nitrogens with zero attached hydrogens (tertiary/aromatic N) is 5. The van der Waals surface area contributed by atoms with E-state index in [-0.39, 0.29) is 17.1 Å². The highest BCUT2D eigenvalue weighted by Crippen LogP contribution is 2.48. The van der Waals surface area contributed by atoms with Crippen LogP contribution in [0.5, 0.6) is 0 Å². The van der Waals surface area contributed by atoms with E-state index in [4.69, 9.17) is 16.0 Å². The molecular weight excluding hydrogens is 570 g/mol. The van der Waals surface area contributed by atoms with Crippen LogP contribution in [0.3, 0.4) is 0 Å². The molecule has 0 spiro atoms. The number of nitrogens with one attached hydrogen (secondary N) is 2. The first kappa shape index (κ1) is 26.1. The Bertz CT molecular complexity index is 1540. The van der Waals surface area contributed by atoms with Crippen molar-refractivity contribution in [2.45, 2.75) is 52.6 Å². The summed E-state index contributed by atoms with van der Waals surface area (Å²) in [7, 11) is 0. The summed E-state index contributed by atoms with van der Waals surface area (Å²) in [5, 5.41) is 17.9. The largest absolute Gasteiger partial charge is 0.472 e. The second-order valence-electron chi connectivity index (χ2n) is 9.32. The van der Waals surface area contributed by atoms with E-state index in [9.17, 15) is 4.79 Å². The molecule has 0 bridgehead atoms. The van der Waals surface area contributed by atoms with Crippen LogP contribution in [0.2, 0.25) is 5.15 Å². The smallest absolute Gasteiger partial charge is 0.271 e. The molecule has 5 rings (SSSR count). The summed E-state index contributed by atoms with van der Waals surface area (Å²) >= 11 is 10.4. The first-order chi connectivity index (χ1) is 18.4. The van der Waals surface area contributed by atoms with E-state index >= 15 is 0 Å². The summed E-state index contributed by atoms with van der Waals surface area (Å²) in [5.41, 5.74) is 5.93. The third-order valence-electron chi connectivity index (χ3n) is 6.36. The van der Waals surface area contributed by atoms with Gasteiger partial charge in [-0.25, -0.2) is 4.98 Å². The number of aromatic amines is 1. The Morgan fingerprint density at radius 1 is 1.18 bits per heavy atom. The van der Waals surface area contributed by atoms with Gasteiger partial charge in [0.15, 0.2) is 5.15 Å². The van der Waals surface area contributed by atoms with Crippen LogP contribution in [0.4, 0.5) is 0 Å². The molecule has 0 saturated carbocycles. The number of H-pyrrole nitrogens is 1. The number of amides is 1. The summed E-state index contributed by atoms with van der Waals surface area (Å²) in [6.45, 7) is 6.34. The zero-order valence-electron chi connectivity index (χ0n) is 21.3. The predicted molar refractivity (Wildman–Crippen MR) is 149 cm³/mol. The molecule has 1 aliphatic heterocycles. The lowest BCUT2D eigenvalue weighted by Gasteiger charge is -2.16. The molecule has 0 unspecified atom stereocenters. The number of imidazole rings is 1. The summed E-state index contributed by atoms with van der Waals surface area (Å²) in [6.07, 6.45) is 5.99. The number of carbonyl (C=O) groups excluding carboxylic acids is 1. The molecule has 38 heavy (non-hydrogen) atoms. The maximum Gasteiger partial charge on any atom is 0.271 e. The molecule has 1 aliphatic carbocycles. The third-order valence-corrected chi connectivity index (χ3v) is 7.45. The minimum Gasteiger partial charge on any atom is -0.472 e. The van der Waals surface area contributed by atoms with Crippen LogP contribution in [-0.2, 0) is 13.0 Å². The minimum absolute atomic E-state index is 0.0473. The highest BCUT2D eigenvalue weighted by molar-refractivity contribution is 9.10. The van der Waals surface area contributed by atoms with Gasteiger partial charge in [-0.2, -0.15) is 5.21 Å². The van der Waals surface area contributed by atoms with Gasteiger partial charge in [-0.3, -0.25) is 4.79 Å². The Hall–Kier alpha value is -3.50. The number of carbonyl (C=O) groups is 1.